The number of hydrogen-bond donors (Lipinski definition) is 2. The number of nitrogens with one attached hydrogen (secondary N) is 1. The quantitative estimate of drug-likeness (QED) is 0.834. The molecule has 20 heavy (non-hydrogen) atoms. The van der Waals surface area contributed by atoms with Gasteiger partial charge >= 0.3 is 0 Å². The molecule has 0 bridgehead atoms. The van der Waals surface area contributed by atoms with E-state index in [0.717, 1.165) is 11.5 Å². The van der Waals surface area contributed by atoms with Gasteiger partial charge in [-0.1, -0.05) is 6.07 Å². The summed E-state index contributed by atoms with van der Waals surface area (Å²) >= 11 is 5.37. The topological polar surface area (TPSA) is 61.5 Å². The molecule has 0 aromatic carbocycles. The van der Waals surface area contributed by atoms with Crippen LogP contribution in [0.2, 0.25) is 0 Å². The summed E-state index contributed by atoms with van der Waals surface area (Å²) < 4.78 is 5.54. The third-order valence-electron chi connectivity index (χ3n) is 3.37. The summed E-state index contributed by atoms with van der Waals surface area (Å²) in [7, 11) is 0. The van der Waals surface area contributed by atoms with E-state index in [0.29, 0.717) is 11.7 Å². The van der Waals surface area contributed by atoms with Crippen LogP contribution in [0.4, 0.5) is 0 Å². The SMILES string of the molecule is OCCN1C(=S)N[C@@H](c2ccccn2)[C@@H]1c1ccco1. The summed E-state index contributed by atoms with van der Waals surface area (Å²) in [5.74, 6) is 0.807. The predicted octanol–water partition coefficient (Wildman–Crippen LogP) is 1.64. The summed E-state index contributed by atoms with van der Waals surface area (Å²) in [6.07, 6.45) is 3.40. The number of thiocarbonyl (C=S) groups is 1. The van der Waals surface area contributed by atoms with E-state index in [1.807, 2.05) is 35.2 Å². The number of nitrogens with zero attached hydrogens (tertiary/aromatic N) is 2. The van der Waals surface area contributed by atoms with Gasteiger partial charge in [0.2, 0.25) is 0 Å². The molecule has 2 aromatic heterocycles. The summed E-state index contributed by atoms with van der Waals surface area (Å²) in [6.45, 7) is 0.495. The number of aliphatic hydroxyl groups is 1. The van der Waals surface area contributed by atoms with Gasteiger partial charge in [-0.15, -0.1) is 0 Å². The summed E-state index contributed by atoms with van der Waals surface area (Å²) in [5.41, 5.74) is 0.900. The van der Waals surface area contributed by atoms with Gasteiger partial charge in [0.15, 0.2) is 5.11 Å². The molecule has 2 atom stereocenters. The van der Waals surface area contributed by atoms with Crippen molar-refractivity contribution in [2.45, 2.75) is 12.1 Å². The van der Waals surface area contributed by atoms with Crippen LogP contribution < -0.4 is 5.32 Å². The highest BCUT2D eigenvalue weighted by atomic mass is 32.1. The molecule has 0 amide bonds. The number of furan rings is 1. The highest BCUT2D eigenvalue weighted by molar-refractivity contribution is 7.80. The van der Waals surface area contributed by atoms with Gasteiger partial charge < -0.3 is 19.7 Å². The zero-order chi connectivity index (χ0) is 13.9. The molecule has 0 saturated carbocycles. The molecule has 3 rings (SSSR count). The van der Waals surface area contributed by atoms with Crippen molar-refractivity contribution < 1.29 is 9.52 Å². The van der Waals surface area contributed by atoms with Gasteiger partial charge in [0.1, 0.15) is 11.8 Å². The molecule has 2 aromatic rings. The van der Waals surface area contributed by atoms with Crippen LogP contribution in [0.15, 0.2) is 47.2 Å². The molecule has 0 radical (unpaired) electrons. The molecular formula is C14H15N3O2S. The first-order valence-corrected chi connectivity index (χ1v) is 6.84. The second-order valence-electron chi connectivity index (χ2n) is 4.56. The third kappa shape index (κ3) is 2.28. The zero-order valence-corrected chi connectivity index (χ0v) is 11.6. The second kappa shape index (κ2) is 5.60. The molecular weight excluding hydrogens is 274 g/mol. The van der Waals surface area contributed by atoms with Gasteiger partial charge in [0.25, 0.3) is 0 Å². The minimum absolute atomic E-state index is 0.0357. The Kier molecular flexibility index (Phi) is 3.66. The zero-order valence-electron chi connectivity index (χ0n) is 10.8. The van der Waals surface area contributed by atoms with E-state index in [1.165, 1.54) is 0 Å². The fourth-order valence-electron chi connectivity index (χ4n) is 2.52. The van der Waals surface area contributed by atoms with E-state index < -0.39 is 0 Å². The maximum atomic E-state index is 9.24. The average Bonchev–Trinajstić information content (AvgIpc) is 3.09. The third-order valence-corrected chi connectivity index (χ3v) is 3.73. The molecule has 3 heterocycles. The first kappa shape index (κ1) is 13.1. The number of β-amino-alcohol motifs (C(OH)–C–C–N with tert-alkyl or cyclic N) is 1. The van der Waals surface area contributed by atoms with Gasteiger partial charge in [-0.25, -0.2) is 0 Å². The maximum absolute atomic E-state index is 9.24. The molecule has 1 aliphatic heterocycles. The van der Waals surface area contributed by atoms with Crippen LogP contribution in [0.1, 0.15) is 23.5 Å². The molecule has 2 N–H and O–H groups in total. The van der Waals surface area contributed by atoms with Crippen LogP contribution in [0.25, 0.3) is 0 Å². The largest absolute Gasteiger partial charge is 0.467 e. The molecule has 0 spiro atoms. The first-order chi connectivity index (χ1) is 9.81. The summed E-state index contributed by atoms with van der Waals surface area (Å²) in [6, 6.07) is 9.37. The monoisotopic (exact) mass is 289 g/mol. The molecule has 0 unspecified atom stereocenters. The first-order valence-electron chi connectivity index (χ1n) is 6.43. The van der Waals surface area contributed by atoms with Crippen molar-refractivity contribution in [3.8, 4) is 0 Å². The molecule has 6 heteroatoms. The van der Waals surface area contributed by atoms with E-state index in [4.69, 9.17) is 16.6 Å². The van der Waals surface area contributed by atoms with Crippen LogP contribution in [0.5, 0.6) is 0 Å². The lowest BCUT2D eigenvalue weighted by atomic mass is 10.0. The Morgan fingerprint density at radius 3 is 2.90 bits per heavy atom. The Balaban J connectivity index is 1.99. The average molecular weight is 289 g/mol. The molecule has 0 aliphatic carbocycles. The van der Waals surface area contributed by atoms with Crippen LogP contribution in [-0.4, -0.2) is 33.3 Å². The molecule has 1 aliphatic rings. The molecule has 1 saturated heterocycles. The Morgan fingerprint density at radius 1 is 1.35 bits per heavy atom. The smallest absolute Gasteiger partial charge is 0.170 e. The lowest BCUT2D eigenvalue weighted by Crippen LogP contribution is -2.32. The van der Waals surface area contributed by atoms with E-state index >= 15 is 0 Å². The molecule has 1 fully saturated rings. The Hall–Kier alpha value is -1.92. The fourth-order valence-corrected chi connectivity index (χ4v) is 2.85. The normalized spacial score (nSPS) is 22.1. The Bertz CT molecular complexity index is 573. The molecule has 104 valence electrons. The van der Waals surface area contributed by atoms with E-state index in [2.05, 4.69) is 10.3 Å². The van der Waals surface area contributed by atoms with Crippen LogP contribution in [0.3, 0.4) is 0 Å². The van der Waals surface area contributed by atoms with E-state index in [1.54, 1.807) is 12.5 Å². The van der Waals surface area contributed by atoms with Crippen LogP contribution in [-0.2, 0) is 0 Å². The van der Waals surface area contributed by atoms with Gasteiger partial charge in [-0.2, -0.15) is 0 Å². The van der Waals surface area contributed by atoms with E-state index in [9.17, 15) is 5.11 Å². The van der Waals surface area contributed by atoms with Crippen molar-refractivity contribution in [1.82, 2.24) is 15.2 Å². The Labute approximate surface area is 122 Å². The number of aliphatic hydroxyl groups excluding tert-OH is 1. The number of rotatable bonds is 4. The standard InChI is InChI=1S/C14H15N3O2S/c18-8-7-17-13(11-5-3-9-19-11)12(16-14(17)20)10-4-1-2-6-15-10/h1-6,9,12-13,18H,7-8H2,(H,16,20)/t12-,13-/m0/s1. The van der Waals surface area contributed by atoms with Gasteiger partial charge in [0.05, 0.1) is 24.6 Å². The lowest BCUT2D eigenvalue weighted by Gasteiger charge is -2.25. The van der Waals surface area contributed by atoms with Crippen molar-refractivity contribution in [3.05, 3.63) is 54.2 Å². The lowest BCUT2D eigenvalue weighted by molar-refractivity contribution is 0.208. The predicted molar refractivity (Wildman–Crippen MR) is 78.0 cm³/mol. The van der Waals surface area contributed by atoms with Gasteiger partial charge in [-0.05, 0) is 36.5 Å². The molecule has 5 nitrogen and oxygen atoms in total. The highest BCUT2D eigenvalue weighted by Crippen LogP contribution is 2.38. The van der Waals surface area contributed by atoms with Crippen LogP contribution in [0, 0.1) is 0 Å². The Morgan fingerprint density at radius 2 is 2.25 bits per heavy atom. The minimum atomic E-state index is -0.0976. The van der Waals surface area contributed by atoms with Crippen molar-refractivity contribution in [1.29, 1.82) is 0 Å². The number of pyridine rings is 1. The van der Waals surface area contributed by atoms with E-state index in [-0.39, 0.29) is 18.7 Å². The number of aromatic nitrogens is 1. The summed E-state index contributed by atoms with van der Waals surface area (Å²) in [4.78, 5) is 6.33. The van der Waals surface area contributed by atoms with Crippen molar-refractivity contribution in [2.24, 2.45) is 0 Å². The second-order valence-corrected chi connectivity index (χ2v) is 4.95. The van der Waals surface area contributed by atoms with Crippen molar-refractivity contribution in [2.75, 3.05) is 13.2 Å². The summed E-state index contributed by atoms with van der Waals surface area (Å²) in [5, 5.41) is 13.1. The maximum Gasteiger partial charge on any atom is 0.170 e. The fraction of sp³-hybridized carbons (Fsp3) is 0.286. The van der Waals surface area contributed by atoms with Crippen LogP contribution >= 0.6 is 12.2 Å². The van der Waals surface area contributed by atoms with Gasteiger partial charge in [-0.3, -0.25) is 4.98 Å². The van der Waals surface area contributed by atoms with Crippen molar-refractivity contribution in [3.63, 3.8) is 0 Å². The number of hydrogen-bond acceptors (Lipinski definition) is 4. The highest BCUT2D eigenvalue weighted by Gasteiger charge is 2.40. The minimum Gasteiger partial charge on any atom is -0.467 e. The van der Waals surface area contributed by atoms with Gasteiger partial charge in [0, 0.05) is 12.7 Å². The van der Waals surface area contributed by atoms with Crippen molar-refractivity contribution >= 4 is 17.3 Å².